The molecule has 1 atom stereocenters. The zero-order chi connectivity index (χ0) is 17.6. The number of likely N-dealkylation sites (N-methyl/N-ethyl adjacent to an activating group) is 1. The van der Waals surface area contributed by atoms with Gasteiger partial charge in [-0.2, -0.15) is 0 Å². The van der Waals surface area contributed by atoms with Crippen LogP contribution in [0, 0.1) is 0 Å². The van der Waals surface area contributed by atoms with Crippen molar-refractivity contribution in [1.29, 1.82) is 0 Å². The van der Waals surface area contributed by atoms with Crippen molar-refractivity contribution >= 4 is 5.91 Å². The smallest absolute Gasteiger partial charge is 0.234 e. The summed E-state index contributed by atoms with van der Waals surface area (Å²) in [5.41, 5.74) is 0. The molecule has 0 spiro atoms. The summed E-state index contributed by atoms with van der Waals surface area (Å²) in [6.45, 7) is 5.42. The summed E-state index contributed by atoms with van der Waals surface area (Å²) in [5, 5.41) is 2.89. The van der Waals surface area contributed by atoms with Gasteiger partial charge in [0.2, 0.25) is 11.8 Å². The molecule has 0 saturated carbocycles. The Kier molecular flexibility index (Phi) is 5.88. The third-order valence-electron chi connectivity index (χ3n) is 4.61. The molecule has 7 heteroatoms. The predicted molar refractivity (Wildman–Crippen MR) is 92.7 cm³/mol. The average molecular weight is 346 g/mol. The Balaban J connectivity index is 1.40. The van der Waals surface area contributed by atoms with E-state index in [9.17, 15) is 4.79 Å². The lowest BCUT2D eigenvalue weighted by Crippen LogP contribution is -2.38. The minimum absolute atomic E-state index is 0.0278. The van der Waals surface area contributed by atoms with E-state index >= 15 is 0 Å². The highest BCUT2D eigenvalue weighted by Gasteiger charge is 2.27. The number of hydrogen-bond acceptors (Lipinski definition) is 6. The Morgan fingerprint density at radius 1 is 1.48 bits per heavy atom. The van der Waals surface area contributed by atoms with Gasteiger partial charge in [-0.1, -0.05) is 6.92 Å². The van der Waals surface area contributed by atoms with Crippen molar-refractivity contribution in [2.24, 2.45) is 0 Å². The van der Waals surface area contributed by atoms with Crippen LogP contribution < -0.4 is 5.32 Å². The van der Waals surface area contributed by atoms with Crippen LogP contribution >= 0.6 is 0 Å². The molecule has 1 amide bonds. The molecule has 1 N–H and O–H groups in total. The number of likely N-dealkylation sites (tertiary alicyclic amines) is 1. The van der Waals surface area contributed by atoms with Crippen LogP contribution in [0.4, 0.5) is 0 Å². The fourth-order valence-electron chi connectivity index (χ4n) is 3.10. The molecule has 2 aromatic rings. The second kappa shape index (κ2) is 8.31. The van der Waals surface area contributed by atoms with E-state index in [1.807, 2.05) is 12.1 Å². The minimum Gasteiger partial charge on any atom is -0.467 e. The van der Waals surface area contributed by atoms with Gasteiger partial charge in [-0.3, -0.25) is 14.6 Å². The fraction of sp³-hybridized carbons (Fsp3) is 0.556. The molecule has 3 heterocycles. The normalized spacial score (nSPS) is 18.1. The van der Waals surface area contributed by atoms with Crippen LogP contribution in [-0.2, 0) is 24.3 Å². The predicted octanol–water partition coefficient (Wildman–Crippen LogP) is 1.65. The lowest BCUT2D eigenvalue weighted by Gasteiger charge is -2.23. The molecule has 3 rings (SSSR count). The second-order valence-electron chi connectivity index (χ2n) is 6.52. The van der Waals surface area contributed by atoms with E-state index in [4.69, 9.17) is 8.83 Å². The number of nitrogens with one attached hydrogen (secondary N) is 1. The molecule has 1 saturated heterocycles. The summed E-state index contributed by atoms with van der Waals surface area (Å²) in [6.07, 6.45) is 5.32. The van der Waals surface area contributed by atoms with Crippen LogP contribution in [0.25, 0.3) is 0 Å². The number of aromatic nitrogens is 1. The third-order valence-corrected chi connectivity index (χ3v) is 4.61. The van der Waals surface area contributed by atoms with Crippen molar-refractivity contribution in [2.75, 3.05) is 26.7 Å². The van der Waals surface area contributed by atoms with Crippen molar-refractivity contribution in [3.05, 3.63) is 42.0 Å². The van der Waals surface area contributed by atoms with Crippen LogP contribution in [0.3, 0.4) is 0 Å². The van der Waals surface area contributed by atoms with Gasteiger partial charge in [0.1, 0.15) is 11.5 Å². The van der Waals surface area contributed by atoms with Gasteiger partial charge in [-0.25, -0.2) is 4.98 Å². The molecule has 1 aliphatic rings. The Morgan fingerprint density at radius 3 is 3.08 bits per heavy atom. The number of nitrogens with zero attached hydrogens (tertiary/aromatic N) is 3. The molecule has 2 aromatic heterocycles. The van der Waals surface area contributed by atoms with Gasteiger partial charge in [0.15, 0.2) is 0 Å². The highest BCUT2D eigenvalue weighted by Crippen LogP contribution is 2.16. The van der Waals surface area contributed by atoms with Gasteiger partial charge in [0.05, 0.1) is 32.1 Å². The monoisotopic (exact) mass is 346 g/mol. The summed E-state index contributed by atoms with van der Waals surface area (Å²) in [6, 6.07) is 4.09. The number of amides is 1. The van der Waals surface area contributed by atoms with Crippen molar-refractivity contribution in [1.82, 2.24) is 20.1 Å². The standard InChI is InChI=1S/C18H26N4O3/c1-3-15-9-20-18(25-15)13-21(2)14-6-7-22(11-14)12-17(23)19-10-16-5-4-8-24-16/h4-5,8-9,14H,3,6-7,10-13H2,1-2H3,(H,19,23). The SMILES string of the molecule is CCc1cnc(CN(C)C2CCN(CC(=O)NCc3ccco3)C2)o1. The van der Waals surface area contributed by atoms with E-state index in [1.165, 1.54) is 0 Å². The molecule has 1 fully saturated rings. The molecule has 0 aliphatic carbocycles. The minimum atomic E-state index is 0.0278. The summed E-state index contributed by atoms with van der Waals surface area (Å²) >= 11 is 0. The number of carbonyl (C=O) groups excluding carboxylic acids is 1. The maximum absolute atomic E-state index is 12.1. The van der Waals surface area contributed by atoms with Crippen LogP contribution in [0.15, 0.2) is 33.4 Å². The zero-order valence-corrected chi connectivity index (χ0v) is 14.9. The van der Waals surface area contributed by atoms with Gasteiger partial charge >= 0.3 is 0 Å². The summed E-state index contributed by atoms with van der Waals surface area (Å²) in [7, 11) is 2.08. The van der Waals surface area contributed by atoms with E-state index < -0.39 is 0 Å². The quantitative estimate of drug-likeness (QED) is 0.783. The van der Waals surface area contributed by atoms with Crippen molar-refractivity contribution in [3.8, 4) is 0 Å². The molecule has 7 nitrogen and oxygen atoms in total. The number of furan rings is 1. The Hall–Kier alpha value is -2.12. The molecule has 0 bridgehead atoms. The summed E-state index contributed by atoms with van der Waals surface area (Å²) < 4.78 is 10.9. The fourth-order valence-corrected chi connectivity index (χ4v) is 3.10. The van der Waals surface area contributed by atoms with E-state index in [2.05, 4.69) is 34.1 Å². The number of oxazole rings is 1. The lowest BCUT2D eigenvalue weighted by molar-refractivity contribution is -0.122. The first-order valence-electron chi connectivity index (χ1n) is 8.79. The second-order valence-corrected chi connectivity index (χ2v) is 6.52. The maximum Gasteiger partial charge on any atom is 0.234 e. The summed E-state index contributed by atoms with van der Waals surface area (Å²) in [4.78, 5) is 20.8. The van der Waals surface area contributed by atoms with Crippen LogP contribution in [-0.4, -0.2) is 53.4 Å². The number of aryl methyl sites for hydroxylation is 1. The first-order chi connectivity index (χ1) is 12.1. The largest absolute Gasteiger partial charge is 0.467 e. The van der Waals surface area contributed by atoms with E-state index in [0.717, 1.165) is 43.3 Å². The van der Waals surface area contributed by atoms with E-state index in [0.29, 0.717) is 25.7 Å². The Labute approximate surface area is 148 Å². The first-order valence-corrected chi connectivity index (χ1v) is 8.79. The van der Waals surface area contributed by atoms with Gasteiger partial charge in [-0.15, -0.1) is 0 Å². The van der Waals surface area contributed by atoms with Gasteiger partial charge in [0.25, 0.3) is 0 Å². The average Bonchev–Trinajstić information content (AvgIpc) is 3.34. The molecule has 0 aromatic carbocycles. The topological polar surface area (TPSA) is 74.8 Å². The maximum atomic E-state index is 12.1. The molecular weight excluding hydrogens is 320 g/mol. The highest BCUT2D eigenvalue weighted by atomic mass is 16.4. The van der Waals surface area contributed by atoms with Crippen molar-refractivity contribution in [3.63, 3.8) is 0 Å². The van der Waals surface area contributed by atoms with Crippen LogP contribution in [0.1, 0.15) is 30.8 Å². The number of rotatable bonds is 8. The molecule has 136 valence electrons. The van der Waals surface area contributed by atoms with E-state index in [1.54, 1.807) is 12.5 Å². The molecular formula is C18H26N4O3. The Morgan fingerprint density at radius 2 is 2.36 bits per heavy atom. The van der Waals surface area contributed by atoms with Crippen LogP contribution in [0.2, 0.25) is 0 Å². The molecule has 0 radical (unpaired) electrons. The van der Waals surface area contributed by atoms with Gasteiger partial charge in [-0.05, 0) is 25.6 Å². The summed E-state index contributed by atoms with van der Waals surface area (Å²) in [5.74, 6) is 2.48. The Bertz CT molecular complexity index is 668. The van der Waals surface area contributed by atoms with E-state index in [-0.39, 0.29) is 5.91 Å². The lowest BCUT2D eigenvalue weighted by atomic mass is 10.2. The van der Waals surface area contributed by atoms with Crippen LogP contribution in [0.5, 0.6) is 0 Å². The third kappa shape index (κ3) is 4.93. The number of hydrogen-bond donors (Lipinski definition) is 1. The first kappa shape index (κ1) is 17.7. The molecule has 1 aliphatic heterocycles. The van der Waals surface area contributed by atoms with Crippen molar-refractivity contribution < 1.29 is 13.6 Å². The highest BCUT2D eigenvalue weighted by molar-refractivity contribution is 5.77. The van der Waals surface area contributed by atoms with Gasteiger partial charge in [0, 0.05) is 25.6 Å². The molecule has 1 unspecified atom stereocenters. The zero-order valence-electron chi connectivity index (χ0n) is 14.9. The van der Waals surface area contributed by atoms with Gasteiger partial charge < -0.3 is 14.2 Å². The van der Waals surface area contributed by atoms with Crippen molar-refractivity contribution in [2.45, 2.75) is 38.9 Å². The number of carbonyl (C=O) groups is 1. The molecule has 25 heavy (non-hydrogen) atoms.